The SMILES string of the molecule is CCOc1ncc(C)[nH]1. The molecule has 0 unspecified atom stereocenters. The summed E-state index contributed by atoms with van der Waals surface area (Å²) in [6.07, 6.45) is 1.74. The van der Waals surface area contributed by atoms with Gasteiger partial charge in [-0.1, -0.05) is 0 Å². The number of aromatic amines is 1. The van der Waals surface area contributed by atoms with Gasteiger partial charge in [-0.2, -0.15) is 0 Å². The van der Waals surface area contributed by atoms with Crippen LogP contribution in [0.25, 0.3) is 0 Å². The summed E-state index contributed by atoms with van der Waals surface area (Å²) in [7, 11) is 0. The van der Waals surface area contributed by atoms with Crippen LogP contribution >= 0.6 is 0 Å². The minimum absolute atomic E-state index is 0.606. The van der Waals surface area contributed by atoms with Gasteiger partial charge in [-0.3, -0.25) is 0 Å². The molecule has 1 rings (SSSR count). The third-order valence-electron chi connectivity index (χ3n) is 0.961. The van der Waals surface area contributed by atoms with Crippen LogP contribution in [0.15, 0.2) is 6.20 Å². The van der Waals surface area contributed by atoms with E-state index in [2.05, 4.69) is 9.97 Å². The van der Waals surface area contributed by atoms with E-state index in [4.69, 9.17) is 4.74 Å². The number of nitrogens with one attached hydrogen (secondary N) is 1. The molecule has 0 aliphatic heterocycles. The molecule has 0 saturated carbocycles. The Balaban J connectivity index is 2.61. The van der Waals surface area contributed by atoms with Crippen molar-refractivity contribution in [1.29, 1.82) is 0 Å². The van der Waals surface area contributed by atoms with Gasteiger partial charge in [0, 0.05) is 5.69 Å². The monoisotopic (exact) mass is 126 g/mol. The number of nitrogens with zero attached hydrogens (tertiary/aromatic N) is 1. The fraction of sp³-hybridized carbons (Fsp3) is 0.500. The van der Waals surface area contributed by atoms with E-state index in [1.807, 2.05) is 13.8 Å². The molecule has 9 heavy (non-hydrogen) atoms. The number of hydrogen-bond donors (Lipinski definition) is 1. The van der Waals surface area contributed by atoms with E-state index in [9.17, 15) is 0 Å². The van der Waals surface area contributed by atoms with Gasteiger partial charge in [0.1, 0.15) is 0 Å². The molecule has 0 fully saturated rings. The lowest BCUT2D eigenvalue weighted by Crippen LogP contribution is -1.92. The topological polar surface area (TPSA) is 37.9 Å². The van der Waals surface area contributed by atoms with Gasteiger partial charge in [0.2, 0.25) is 0 Å². The molecular formula is C6H10N2O. The van der Waals surface area contributed by atoms with Crippen LogP contribution in [0.1, 0.15) is 12.6 Å². The maximum atomic E-state index is 5.06. The lowest BCUT2D eigenvalue weighted by atomic mass is 10.6. The number of H-pyrrole nitrogens is 1. The van der Waals surface area contributed by atoms with E-state index in [0.717, 1.165) is 5.69 Å². The predicted molar refractivity (Wildman–Crippen MR) is 34.5 cm³/mol. The van der Waals surface area contributed by atoms with Gasteiger partial charge < -0.3 is 9.72 Å². The molecule has 1 aromatic heterocycles. The van der Waals surface area contributed by atoms with Crippen molar-refractivity contribution in [2.45, 2.75) is 13.8 Å². The molecule has 0 radical (unpaired) electrons. The van der Waals surface area contributed by atoms with Crippen molar-refractivity contribution in [2.75, 3.05) is 6.61 Å². The summed E-state index contributed by atoms with van der Waals surface area (Å²) < 4.78 is 5.06. The van der Waals surface area contributed by atoms with Crippen LogP contribution in [0.2, 0.25) is 0 Å². The highest BCUT2D eigenvalue weighted by Crippen LogP contribution is 2.01. The largest absolute Gasteiger partial charge is 0.465 e. The summed E-state index contributed by atoms with van der Waals surface area (Å²) in [6, 6.07) is 0.606. The normalized spacial score (nSPS) is 9.56. The molecule has 1 heterocycles. The summed E-state index contributed by atoms with van der Waals surface area (Å²) >= 11 is 0. The second-order valence-electron chi connectivity index (χ2n) is 1.80. The first kappa shape index (κ1) is 6.13. The van der Waals surface area contributed by atoms with Crippen LogP contribution in [0.3, 0.4) is 0 Å². The maximum Gasteiger partial charge on any atom is 0.293 e. The molecule has 1 N–H and O–H groups in total. The highest BCUT2D eigenvalue weighted by atomic mass is 16.5. The minimum Gasteiger partial charge on any atom is -0.465 e. The minimum atomic E-state index is 0.606. The van der Waals surface area contributed by atoms with Crippen LogP contribution in [0, 0.1) is 6.92 Å². The fourth-order valence-electron chi connectivity index (χ4n) is 0.599. The second-order valence-corrected chi connectivity index (χ2v) is 1.80. The molecule has 0 spiro atoms. The maximum absolute atomic E-state index is 5.06. The van der Waals surface area contributed by atoms with Crippen LogP contribution in [0.4, 0.5) is 0 Å². The van der Waals surface area contributed by atoms with Gasteiger partial charge in [-0.25, -0.2) is 4.98 Å². The zero-order valence-electron chi connectivity index (χ0n) is 5.64. The van der Waals surface area contributed by atoms with E-state index < -0.39 is 0 Å². The van der Waals surface area contributed by atoms with Gasteiger partial charge in [-0.15, -0.1) is 0 Å². The van der Waals surface area contributed by atoms with Crippen LogP contribution in [-0.4, -0.2) is 16.6 Å². The van der Waals surface area contributed by atoms with Crippen molar-refractivity contribution in [1.82, 2.24) is 9.97 Å². The van der Waals surface area contributed by atoms with E-state index in [-0.39, 0.29) is 0 Å². The molecule has 1 aromatic rings. The van der Waals surface area contributed by atoms with Crippen molar-refractivity contribution in [3.63, 3.8) is 0 Å². The Labute approximate surface area is 54.1 Å². The van der Waals surface area contributed by atoms with E-state index in [1.165, 1.54) is 0 Å². The van der Waals surface area contributed by atoms with Crippen molar-refractivity contribution >= 4 is 0 Å². The average Bonchev–Trinajstić information content (AvgIpc) is 2.17. The Morgan fingerprint density at radius 1 is 1.78 bits per heavy atom. The average molecular weight is 126 g/mol. The molecule has 3 heteroatoms. The van der Waals surface area contributed by atoms with Gasteiger partial charge in [0.25, 0.3) is 6.01 Å². The summed E-state index contributed by atoms with van der Waals surface area (Å²) in [5.74, 6) is 0. The van der Waals surface area contributed by atoms with E-state index in [0.29, 0.717) is 12.6 Å². The van der Waals surface area contributed by atoms with Gasteiger partial charge in [-0.05, 0) is 13.8 Å². The van der Waals surface area contributed by atoms with E-state index >= 15 is 0 Å². The van der Waals surface area contributed by atoms with Crippen LogP contribution < -0.4 is 4.74 Å². The highest BCUT2D eigenvalue weighted by Gasteiger charge is 1.92. The van der Waals surface area contributed by atoms with Crippen molar-refractivity contribution in [2.24, 2.45) is 0 Å². The highest BCUT2D eigenvalue weighted by molar-refractivity contribution is 5.02. The summed E-state index contributed by atoms with van der Waals surface area (Å²) in [4.78, 5) is 6.87. The first-order valence-electron chi connectivity index (χ1n) is 2.97. The molecule has 0 aliphatic carbocycles. The molecule has 0 aliphatic rings. The zero-order chi connectivity index (χ0) is 6.69. The molecule has 0 aromatic carbocycles. The quantitative estimate of drug-likeness (QED) is 0.644. The molecule has 50 valence electrons. The molecular weight excluding hydrogens is 116 g/mol. The molecule has 0 atom stereocenters. The molecule has 0 amide bonds. The smallest absolute Gasteiger partial charge is 0.293 e. The first-order valence-corrected chi connectivity index (χ1v) is 2.97. The lowest BCUT2D eigenvalue weighted by molar-refractivity contribution is 0.315. The summed E-state index contributed by atoms with van der Waals surface area (Å²) in [5.41, 5.74) is 1.03. The first-order chi connectivity index (χ1) is 4.33. The molecule has 0 saturated heterocycles. The van der Waals surface area contributed by atoms with E-state index in [1.54, 1.807) is 6.20 Å². The van der Waals surface area contributed by atoms with Crippen molar-refractivity contribution in [3.05, 3.63) is 11.9 Å². The van der Waals surface area contributed by atoms with Crippen LogP contribution in [0.5, 0.6) is 6.01 Å². The Hall–Kier alpha value is -0.990. The third-order valence-corrected chi connectivity index (χ3v) is 0.961. The standard InChI is InChI=1S/C6H10N2O/c1-3-9-6-7-4-5(2)8-6/h4H,3H2,1-2H3,(H,7,8). The third kappa shape index (κ3) is 1.45. The number of aryl methyl sites for hydroxylation is 1. The predicted octanol–water partition coefficient (Wildman–Crippen LogP) is 1.12. The Morgan fingerprint density at radius 2 is 2.56 bits per heavy atom. The lowest BCUT2D eigenvalue weighted by Gasteiger charge is -1.93. The summed E-state index contributed by atoms with van der Waals surface area (Å²) in [6.45, 7) is 4.53. The molecule has 0 bridgehead atoms. The van der Waals surface area contributed by atoms with Crippen molar-refractivity contribution in [3.8, 4) is 6.01 Å². The Bertz CT molecular complexity index is 183. The number of rotatable bonds is 2. The zero-order valence-corrected chi connectivity index (χ0v) is 5.64. The Morgan fingerprint density at radius 3 is 3.00 bits per heavy atom. The molecule has 3 nitrogen and oxygen atoms in total. The number of imidazole rings is 1. The van der Waals surface area contributed by atoms with Gasteiger partial charge in [0.15, 0.2) is 0 Å². The van der Waals surface area contributed by atoms with Crippen molar-refractivity contribution < 1.29 is 4.74 Å². The fourth-order valence-corrected chi connectivity index (χ4v) is 0.599. The second kappa shape index (κ2) is 2.53. The number of hydrogen-bond acceptors (Lipinski definition) is 2. The van der Waals surface area contributed by atoms with Crippen LogP contribution in [-0.2, 0) is 0 Å². The summed E-state index contributed by atoms with van der Waals surface area (Å²) in [5, 5.41) is 0. The van der Waals surface area contributed by atoms with Gasteiger partial charge in [0.05, 0.1) is 12.8 Å². The number of aromatic nitrogens is 2. The Kier molecular flexibility index (Phi) is 1.72. The number of ether oxygens (including phenoxy) is 1. The van der Waals surface area contributed by atoms with Gasteiger partial charge >= 0.3 is 0 Å².